The minimum absolute atomic E-state index is 0.370. The first-order valence-electron chi connectivity index (χ1n) is 5.76. The molecule has 4 heteroatoms. The zero-order valence-corrected chi connectivity index (χ0v) is 10.4. The van der Waals surface area contributed by atoms with Crippen LogP contribution in [0.15, 0.2) is 18.2 Å². The Bertz CT molecular complexity index is 328. The summed E-state index contributed by atoms with van der Waals surface area (Å²) in [6.07, 6.45) is -1.74. The van der Waals surface area contributed by atoms with Gasteiger partial charge in [-0.3, -0.25) is 0 Å². The molecule has 1 N–H and O–H groups in total. The zero-order chi connectivity index (χ0) is 12.8. The first-order chi connectivity index (χ1) is 8.08. The Morgan fingerprint density at radius 1 is 1.18 bits per heavy atom. The molecule has 0 amide bonds. The third-order valence-corrected chi connectivity index (χ3v) is 2.33. The molecule has 0 heterocycles. The van der Waals surface area contributed by atoms with Crippen LogP contribution in [0.5, 0.6) is 0 Å². The number of hydrogen-bond acceptors (Lipinski definition) is 3. The number of aliphatic hydroxyl groups excluding tert-OH is 1. The predicted molar refractivity (Wildman–Crippen MR) is 63.1 cm³/mol. The van der Waals surface area contributed by atoms with Gasteiger partial charge in [0.25, 0.3) is 0 Å². The van der Waals surface area contributed by atoms with Crippen molar-refractivity contribution in [2.75, 3.05) is 13.2 Å². The summed E-state index contributed by atoms with van der Waals surface area (Å²) in [7, 11) is 0. The van der Waals surface area contributed by atoms with Crippen LogP contribution in [-0.4, -0.2) is 24.6 Å². The van der Waals surface area contributed by atoms with Crippen LogP contribution < -0.4 is 0 Å². The van der Waals surface area contributed by atoms with Crippen molar-refractivity contribution in [3.63, 3.8) is 0 Å². The average Bonchev–Trinajstić information content (AvgIpc) is 2.26. The van der Waals surface area contributed by atoms with E-state index in [1.54, 1.807) is 13.0 Å². The monoisotopic (exact) mass is 242 g/mol. The summed E-state index contributed by atoms with van der Waals surface area (Å²) < 4.78 is 23.8. The van der Waals surface area contributed by atoms with Crippen molar-refractivity contribution in [3.8, 4) is 0 Å². The number of halogens is 1. The summed E-state index contributed by atoms with van der Waals surface area (Å²) in [4.78, 5) is 0. The number of aliphatic hydroxyl groups is 1. The minimum atomic E-state index is -0.982. The van der Waals surface area contributed by atoms with Crippen molar-refractivity contribution < 1.29 is 19.0 Å². The molecule has 1 atom stereocenters. The Kier molecular flexibility index (Phi) is 5.55. The van der Waals surface area contributed by atoms with Gasteiger partial charge in [-0.25, -0.2) is 4.39 Å². The SMILES string of the molecule is CCOC(OCC)C(O)c1cc(C)cc(F)c1. The average molecular weight is 242 g/mol. The molecule has 1 rings (SSSR count). The largest absolute Gasteiger partial charge is 0.383 e. The second-order valence-corrected chi connectivity index (χ2v) is 3.79. The molecule has 0 saturated heterocycles. The van der Waals surface area contributed by atoms with Crippen LogP contribution in [-0.2, 0) is 9.47 Å². The van der Waals surface area contributed by atoms with Crippen LogP contribution in [0, 0.1) is 12.7 Å². The van der Waals surface area contributed by atoms with Crippen LogP contribution in [0.3, 0.4) is 0 Å². The summed E-state index contributed by atoms with van der Waals surface area (Å²) in [5.41, 5.74) is 1.22. The highest BCUT2D eigenvalue weighted by Gasteiger charge is 2.22. The second-order valence-electron chi connectivity index (χ2n) is 3.79. The van der Waals surface area contributed by atoms with E-state index in [1.807, 2.05) is 13.8 Å². The van der Waals surface area contributed by atoms with Gasteiger partial charge in [0, 0.05) is 13.2 Å². The van der Waals surface area contributed by atoms with Crippen LogP contribution >= 0.6 is 0 Å². The van der Waals surface area contributed by atoms with E-state index in [0.717, 1.165) is 5.56 Å². The first-order valence-corrected chi connectivity index (χ1v) is 5.76. The number of benzene rings is 1. The highest BCUT2D eigenvalue weighted by molar-refractivity contribution is 5.25. The van der Waals surface area contributed by atoms with Gasteiger partial charge in [0.1, 0.15) is 11.9 Å². The summed E-state index contributed by atoms with van der Waals surface area (Å²) in [5.74, 6) is -0.370. The molecule has 0 spiro atoms. The van der Waals surface area contributed by atoms with E-state index in [4.69, 9.17) is 9.47 Å². The summed E-state index contributed by atoms with van der Waals surface area (Å²) >= 11 is 0. The van der Waals surface area contributed by atoms with Gasteiger partial charge in [0.05, 0.1) is 0 Å². The Morgan fingerprint density at radius 3 is 2.24 bits per heavy atom. The molecule has 0 fully saturated rings. The molecule has 0 aliphatic heterocycles. The van der Waals surface area contributed by atoms with Crippen LogP contribution in [0.1, 0.15) is 31.1 Å². The first kappa shape index (κ1) is 14.1. The van der Waals surface area contributed by atoms with E-state index >= 15 is 0 Å². The van der Waals surface area contributed by atoms with Crippen molar-refractivity contribution in [1.82, 2.24) is 0 Å². The van der Waals surface area contributed by atoms with Gasteiger partial charge < -0.3 is 14.6 Å². The third-order valence-electron chi connectivity index (χ3n) is 2.33. The van der Waals surface area contributed by atoms with Crippen LogP contribution in [0.25, 0.3) is 0 Å². The molecule has 0 aromatic heterocycles. The van der Waals surface area contributed by atoms with E-state index in [9.17, 15) is 9.50 Å². The molecule has 17 heavy (non-hydrogen) atoms. The van der Waals surface area contributed by atoms with E-state index in [0.29, 0.717) is 18.8 Å². The fourth-order valence-corrected chi connectivity index (χ4v) is 1.65. The molecule has 0 radical (unpaired) electrons. The third kappa shape index (κ3) is 4.07. The molecule has 0 bridgehead atoms. The normalized spacial score (nSPS) is 13.1. The van der Waals surface area contributed by atoms with Crippen molar-refractivity contribution >= 4 is 0 Å². The Morgan fingerprint density at radius 2 is 1.76 bits per heavy atom. The highest BCUT2D eigenvalue weighted by Crippen LogP contribution is 2.22. The van der Waals surface area contributed by atoms with Gasteiger partial charge in [-0.05, 0) is 44.0 Å². The molecule has 1 unspecified atom stereocenters. The van der Waals surface area contributed by atoms with Crippen LogP contribution in [0.4, 0.5) is 4.39 Å². The van der Waals surface area contributed by atoms with Gasteiger partial charge in [0.15, 0.2) is 6.29 Å². The smallest absolute Gasteiger partial charge is 0.187 e. The lowest BCUT2D eigenvalue weighted by molar-refractivity contribution is -0.191. The fraction of sp³-hybridized carbons (Fsp3) is 0.538. The topological polar surface area (TPSA) is 38.7 Å². The van der Waals surface area contributed by atoms with Gasteiger partial charge in [0.2, 0.25) is 0 Å². The molecule has 1 aromatic rings. The van der Waals surface area contributed by atoms with Gasteiger partial charge >= 0.3 is 0 Å². The van der Waals surface area contributed by atoms with E-state index in [1.165, 1.54) is 12.1 Å². The molecule has 1 aromatic carbocycles. The van der Waals surface area contributed by atoms with Crippen molar-refractivity contribution in [3.05, 3.63) is 35.1 Å². The lowest BCUT2D eigenvalue weighted by Gasteiger charge is -2.23. The quantitative estimate of drug-likeness (QED) is 0.779. The van der Waals surface area contributed by atoms with Crippen molar-refractivity contribution in [2.24, 2.45) is 0 Å². The maximum atomic E-state index is 13.2. The summed E-state index contributed by atoms with van der Waals surface area (Å²) in [5, 5.41) is 10.1. The van der Waals surface area contributed by atoms with E-state index < -0.39 is 12.4 Å². The molecule has 0 aliphatic carbocycles. The molecular weight excluding hydrogens is 223 g/mol. The maximum Gasteiger partial charge on any atom is 0.187 e. The van der Waals surface area contributed by atoms with E-state index in [2.05, 4.69) is 0 Å². The van der Waals surface area contributed by atoms with Crippen LogP contribution in [0.2, 0.25) is 0 Å². The van der Waals surface area contributed by atoms with E-state index in [-0.39, 0.29) is 5.82 Å². The fourth-order valence-electron chi connectivity index (χ4n) is 1.65. The predicted octanol–water partition coefficient (Wildman–Crippen LogP) is 2.57. The molecule has 96 valence electrons. The molecular formula is C13H19FO3. The lowest BCUT2D eigenvalue weighted by atomic mass is 10.1. The summed E-state index contributed by atoms with van der Waals surface area (Å²) in [6.45, 7) is 6.26. The molecule has 0 aliphatic rings. The number of ether oxygens (including phenoxy) is 2. The standard InChI is InChI=1S/C13H19FO3/c1-4-16-13(17-5-2)12(15)10-6-9(3)7-11(14)8-10/h6-8,12-13,15H,4-5H2,1-3H3. The van der Waals surface area contributed by atoms with Crippen molar-refractivity contribution in [2.45, 2.75) is 33.2 Å². The Balaban J connectivity index is 2.87. The lowest BCUT2D eigenvalue weighted by Crippen LogP contribution is -2.25. The number of rotatable bonds is 6. The number of hydrogen-bond donors (Lipinski definition) is 1. The molecule has 0 saturated carbocycles. The summed E-state index contributed by atoms with van der Waals surface area (Å²) in [6, 6.07) is 4.42. The Hall–Kier alpha value is -0.970. The minimum Gasteiger partial charge on any atom is -0.383 e. The zero-order valence-electron chi connectivity index (χ0n) is 10.4. The second kappa shape index (κ2) is 6.69. The Labute approximate surface area is 101 Å². The van der Waals surface area contributed by atoms with Gasteiger partial charge in [-0.15, -0.1) is 0 Å². The number of aryl methyl sites for hydroxylation is 1. The maximum absolute atomic E-state index is 13.2. The molecule has 3 nitrogen and oxygen atoms in total. The van der Waals surface area contributed by atoms with Gasteiger partial charge in [-0.1, -0.05) is 6.07 Å². The van der Waals surface area contributed by atoms with Crippen molar-refractivity contribution in [1.29, 1.82) is 0 Å². The van der Waals surface area contributed by atoms with Gasteiger partial charge in [-0.2, -0.15) is 0 Å². The highest BCUT2D eigenvalue weighted by atomic mass is 19.1.